The lowest BCUT2D eigenvalue weighted by molar-refractivity contribution is -0.138. The first-order chi connectivity index (χ1) is 14.5. The van der Waals surface area contributed by atoms with Crippen molar-refractivity contribution in [2.24, 2.45) is 0 Å². The molecule has 1 aliphatic heterocycles. The molecule has 0 fully saturated rings. The molecule has 4 rings (SSSR count). The summed E-state index contributed by atoms with van der Waals surface area (Å²) < 4.78 is 6.23. The number of halogens is 1. The third kappa shape index (κ3) is 3.78. The van der Waals surface area contributed by atoms with E-state index in [0.717, 1.165) is 16.0 Å². The molecular formula is C24H18BrNO4. The van der Waals surface area contributed by atoms with Gasteiger partial charge in [0.05, 0.1) is 15.6 Å². The van der Waals surface area contributed by atoms with Gasteiger partial charge in [-0.05, 0) is 58.2 Å². The maximum absolute atomic E-state index is 13.2. The van der Waals surface area contributed by atoms with Crippen molar-refractivity contribution < 1.29 is 19.1 Å². The van der Waals surface area contributed by atoms with Crippen LogP contribution in [0.1, 0.15) is 31.8 Å². The van der Waals surface area contributed by atoms with E-state index in [2.05, 4.69) is 15.9 Å². The van der Waals surface area contributed by atoms with Crippen molar-refractivity contribution in [2.45, 2.75) is 19.4 Å². The van der Waals surface area contributed by atoms with Crippen LogP contribution in [0.5, 0.6) is 5.75 Å². The van der Waals surface area contributed by atoms with Crippen molar-refractivity contribution in [1.82, 2.24) is 4.90 Å². The molecule has 0 unspecified atom stereocenters. The first-order valence-corrected chi connectivity index (χ1v) is 10.2. The summed E-state index contributed by atoms with van der Waals surface area (Å²) in [6.45, 7) is 1.92. The Hall–Kier alpha value is -3.25. The van der Waals surface area contributed by atoms with Crippen molar-refractivity contribution in [3.8, 4) is 5.75 Å². The predicted octanol–water partition coefficient (Wildman–Crippen LogP) is 4.57. The van der Waals surface area contributed by atoms with Crippen LogP contribution in [0.15, 0.2) is 77.3 Å². The van der Waals surface area contributed by atoms with E-state index < -0.39 is 23.8 Å². The van der Waals surface area contributed by atoms with E-state index >= 15 is 0 Å². The highest BCUT2D eigenvalue weighted by Gasteiger charge is 2.43. The Morgan fingerprint density at radius 3 is 2.13 bits per heavy atom. The Balaban J connectivity index is 1.69. The lowest BCUT2D eigenvalue weighted by Gasteiger charge is -2.25. The maximum atomic E-state index is 13.2. The summed E-state index contributed by atoms with van der Waals surface area (Å²) in [4.78, 5) is 40.2. The van der Waals surface area contributed by atoms with E-state index in [4.69, 9.17) is 4.74 Å². The van der Waals surface area contributed by atoms with E-state index in [0.29, 0.717) is 21.3 Å². The number of fused-ring (bicyclic) bond motifs is 1. The van der Waals surface area contributed by atoms with Gasteiger partial charge in [-0.25, -0.2) is 4.79 Å². The molecule has 30 heavy (non-hydrogen) atoms. The maximum Gasteiger partial charge on any atom is 0.335 e. The Morgan fingerprint density at radius 1 is 0.933 bits per heavy atom. The van der Waals surface area contributed by atoms with Crippen molar-refractivity contribution in [2.75, 3.05) is 0 Å². The second kappa shape index (κ2) is 8.24. The number of nitrogens with zero attached hydrogens (tertiary/aromatic N) is 1. The molecule has 150 valence electrons. The van der Waals surface area contributed by atoms with Gasteiger partial charge in [-0.2, -0.15) is 0 Å². The zero-order valence-corrected chi connectivity index (χ0v) is 17.8. The largest absolute Gasteiger partial charge is 0.424 e. The minimum Gasteiger partial charge on any atom is -0.424 e. The van der Waals surface area contributed by atoms with Crippen LogP contribution >= 0.6 is 15.9 Å². The summed E-state index contributed by atoms with van der Waals surface area (Å²) in [6.07, 6.45) is 0.161. The number of hydrogen-bond acceptors (Lipinski definition) is 4. The SMILES string of the molecule is Cc1ccc(OC(=O)[C@H](Cc2ccccc2)N2C(=O)c3ccccc3C2=O)c(Br)c1. The van der Waals surface area contributed by atoms with E-state index in [1.165, 1.54) is 0 Å². The average Bonchev–Trinajstić information content (AvgIpc) is 3.00. The highest BCUT2D eigenvalue weighted by atomic mass is 79.9. The molecule has 0 saturated heterocycles. The fourth-order valence-electron chi connectivity index (χ4n) is 3.47. The number of benzene rings is 3. The molecule has 0 aromatic heterocycles. The molecule has 0 radical (unpaired) electrons. The zero-order valence-electron chi connectivity index (χ0n) is 16.2. The topological polar surface area (TPSA) is 63.7 Å². The third-order valence-electron chi connectivity index (χ3n) is 4.98. The lowest BCUT2D eigenvalue weighted by Crippen LogP contribution is -2.48. The summed E-state index contributed by atoms with van der Waals surface area (Å²) >= 11 is 3.40. The van der Waals surface area contributed by atoms with Crippen molar-refractivity contribution in [3.05, 3.63) is 99.5 Å². The van der Waals surface area contributed by atoms with Gasteiger partial charge in [0.25, 0.3) is 11.8 Å². The molecule has 1 heterocycles. The molecule has 1 aliphatic rings. The average molecular weight is 464 g/mol. The Labute approximate surface area is 182 Å². The fourth-order valence-corrected chi connectivity index (χ4v) is 4.05. The van der Waals surface area contributed by atoms with Crippen LogP contribution in [0, 0.1) is 6.92 Å². The molecule has 0 bridgehead atoms. The van der Waals surface area contributed by atoms with Gasteiger partial charge in [-0.15, -0.1) is 0 Å². The Bertz CT molecular complexity index is 1110. The highest BCUT2D eigenvalue weighted by Crippen LogP contribution is 2.29. The van der Waals surface area contributed by atoms with Crippen LogP contribution in [-0.4, -0.2) is 28.7 Å². The van der Waals surface area contributed by atoms with E-state index in [-0.39, 0.29) is 6.42 Å². The molecule has 6 heteroatoms. The number of carbonyl (C=O) groups excluding carboxylic acids is 3. The van der Waals surface area contributed by atoms with Gasteiger partial charge in [0.2, 0.25) is 0 Å². The first kappa shape index (κ1) is 20.0. The molecule has 3 aromatic rings. The van der Waals surface area contributed by atoms with Gasteiger partial charge in [0, 0.05) is 6.42 Å². The number of ether oxygens (including phenoxy) is 1. The normalized spacial score (nSPS) is 13.9. The highest BCUT2D eigenvalue weighted by molar-refractivity contribution is 9.10. The van der Waals surface area contributed by atoms with Crippen LogP contribution in [0.4, 0.5) is 0 Å². The smallest absolute Gasteiger partial charge is 0.335 e. The van der Waals surface area contributed by atoms with E-state index in [1.807, 2.05) is 49.4 Å². The van der Waals surface area contributed by atoms with Gasteiger partial charge in [0.15, 0.2) is 0 Å². The molecule has 5 nitrogen and oxygen atoms in total. The van der Waals surface area contributed by atoms with Gasteiger partial charge < -0.3 is 4.74 Å². The minimum atomic E-state index is -1.09. The molecule has 0 N–H and O–H groups in total. The molecule has 1 atom stereocenters. The molecule has 2 amide bonds. The van der Waals surface area contributed by atoms with Gasteiger partial charge in [-0.1, -0.05) is 48.5 Å². The number of amides is 2. The number of imide groups is 1. The molecule has 0 spiro atoms. The molecule has 3 aromatic carbocycles. The van der Waals surface area contributed by atoms with Crippen molar-refractivity contribution in [1.29, 1.82) is 0 Å². The molecule has 0 aliphatic carbocycles. The predicted molar refractivity (Wildman–Crippen MR) is 115 cm³/mol. The van der Waals surface area contributed by atoms with Crippen LogP contribution in [0.3, 0.4) is 0 Å². The number of hydrogen-bond donors (Lipinski definition) is 0. The summed E-state index contributed by atoms with van der Waals surface area (Å²) in [6, 6.07) is 20.1. The van der Waals surface area contributed by atoms with Gasteiger partial charge >= 0.3 is 5.97 Å². The van der Waals surface area contributed by atoms with Gasteiger partial charge in [-0.3, -0.25) is 14.5 Å². The third-order valence-corrected chi connectivity index (χ3v) is 5.60. The quantitative estimate of drug-likeness (QED) is 0.315. The van der Waals surface area contributed by atoms with Crippen molar-refractivity contribution >= 4 is 33.7 Å². The van der Waals surface area contributed by atoms with E-state index in [9.17, 15) is 14.4 Å². The number of carbonyl (C=O) groups is 3. The monoisotopic (exact) mass is 463 g/mol. The standard InChI is InChI=1S/C24H18BrNO4/c1-15-11-12-21(19(25)13-15)30-24(29)20(14-16-7-3-2-4-8-16)26-22(27)17-9-5-6-10-18(17)23(26)28/h2-13,20H,14H2,1H3/t20-/m0/s1. The van der Waals surface area contributed by atoms with Gasteiger partial charge in [0.1, 0.15) is 11.8 Å². The molecular weight excluding hydrogens is 446 g/mol. The number of aryl methyl sites for hydroxylation is 1. The fraction of sp³-hybridized carbons (Fsp3) is 0.125. The molecule has 0 saturated carbocycles. The summed E-state index contributed by atoms with van der Waals surface area (Å²) in [7, 11) is 0. The Kier molecular flexibility index (Phi) is 5.50. The summed E-state index contributed by atoms with van der Waals surface area (Å²) in [5.74, 6) is -1.31. The second-order valence-corrected chi connectivity index (χ2v) is 7.94. The number of rotatable bonds is 5. The van der Waals surface area contributed by atoms with E-state index in [1.54, 1.807) is 30.3 Å². The Morgan fingerprint density at radius 2 is 1.53 bits per heavy atom. The van der Waals surface area contributed by atoms with Crippen LogP contribution in [0.2, 0.25) is 0 Å². The zero-order chi connectivity index (χ0) is 21.3. The summed E-state index contributed by atoms with van der Waals surface area (Å²) in [5.41, 5.74) is 2.41. The first-order valence-electron chi connectivity index (χ1n) is 9.44. The summed E-state index contributed by atoms with van der Waals surface area (Å²) in [5, 5.41) is 0. The van der Waals surface area contributed by atoms with Crippen molar-refractivity contribution in [3.63, 3.8) is 0 Å². The van der Waals surface area contributed by atoms with Crippen LogP contribution < -0.4 is 4.74 Å². The number of esters is 1. The second-order valence-electron chi connectivity index (χ2n) is 7.09. The van der Waals surface area contributed by atoms with Crippen LogP contribution in [0.25, 0.3) is 0 Å². The minimum absolute atomic E-state index is 0.161. The lowest BCUT2D eigenvalue weighted by atomic mass is 10.0. The van der Waals surface area contributed by atoms with Crippen LogP contribution in [-0.2, 0) is 11.2 Å².